The van der Waals surface area contributed by atoms with E-state index in [9.17, 15) is 0 Å². The van der Waals surface area contributed by atoms with Gasteiger partial charge in [0.05, 0.1) is 25.8 Å². The minimum Gasteiger partial charge on any atom is -0.497 e. The number of halogens is 1. The maximum Gasteiger partial charge on any atom is 0.138 e. The van der Waals surface area contributed by atoms with Crippen molar-refractivity contribution < 1.29 is 14.2 Å². The molecular weight excluding hydrogens is 388 g/mol. The van der Waals surface area contributed by atoms with Crippen molar-refractivity contribution in [1.82, 2.24) is 5.32 Å². The summed E-state index contributed by atoms with van der Waals surface area (Å²) in [5.41, 5.74) is 3.12. The van der Waals surface area contributed by atoms with E-state index in [-0.39, 0.29) is 12.4 Å². The zero-order chi connectivity index (χ0) is 19.3. The van der Waals surface area contributed by atoms with Crippen LogP contribution >= 0.6 is 12.4 Å². The number of ether oxygens (including phenoxy) is 3. The van der Waals surface area contributed by atoms with Crippen molar-refractivity contribution in [3.05, 3.63) is 60.2 Å². The molecule has 0 spiro atoms. The van der Waals surface area contributed by atoms with Gasteiger partial charge in [-0.2, -0.15) is 0 Å². The largest absolute Gasteiger partial charge is 0.497 e. The highest BCUT2D eigenvalue weighted by Gasteiger charge is 2.21. The summed E-state index contributed by atoms with van der Waals surface area (Å²) in [4.78, 5) is 4.64. The Bertz CT molecular complexity index is 1000. The summed E-state index contributed by atoms with van der Waals surface area (Å²) < 4.78 is 16.8. The second-order valence-corrected chi connectivity index (χ2v) is 6.58. The molecule has 5 nitrogen and oxygen atoms in total. The van der Waals surface area contributed by atoms with Gasteiger partial charge in [0.15, 0.2) is 0 Å². The molecule has 0 unspecified atom stereocenters. The van der Waals surface area contributed by atoms with Gasteiger partial charge in [-0.05, 0) is 34.5 Å². The SMILES string of the molecule is COCCOc1c(C2=NCCN2)cc2ccccc2c1-c1ccc(OC)cc1.Cl. The van der Waals surface area contributed by atoms with E-state index in [0.717, 1.165) is 57.9 Å². The molecule has 0 bridgehead atoms. The predicted molar refractivity (Wildman–Crippen MR) is 120 cm³/mol. The first-order valence-electron chi connectivity index (χ1n) is 9.42. The number of nitrogens with one attached hydrogen (secondary N) is 1. The van der Waals surface area contributed by atoms with Gasteiger partial charge in [-0.3, -0.25) is 4.99 Å². The first kappa shape index (κ1) is 21.0. The summed E-state index contributed by atoms with van der Waals surface area (Å²) in [6.07, 6.45) is 0. The first-order chi connectivity index (χ1) is 13.8. The van der Waals surface area contributed by atoms with Crippen molar-refractivity contribution in [1.29, 1.82) is 0 Å². The second kappa shape index (κ2) is 9.63. The molecule has 4 rings (SSSR count). The van der Waals surface area contributed by atoms with E-state index in [4.69, 9.17) is 14.2 Å². The third kappa shape index (κ3) is 4.31. The molecule has 3 aromatic carbocycles. The normalized spacial score (nSPS) is 12.8. The topological polar surface area (TPSA) is 52.1 Å². The lowest BCUT2D eigenvalue weighted by Gasteiger charge is -2.19. The van der Waals surface area contributed by atoms with Crippen LogP contribution in [0.25, 0.3) is 21.9 Å². The number of fused-ring (bicyclic) bond motifs is 1. The number of methoxy groups -OCH3 is 2. The molecule has 29 heavy (non-hydrogen) atoms. The van der Waals surface area contributed by atoms with Gasteiger partial charge in [-0.25, -0.2) is 0 Å². The number of nitrogens with zero attached hydrogens (tertiary/aromatic N) is 1. The zero-order valence-corrected chi connectivity index (χ0v) is 17.4. The van der Waals surface area contributed by atoms with Crippen LogP contribution in [0.4, 0.5) is 0 Å². The van der Waals surface area contributed by atoms with Crippen molar-refractivity contribution in [3.8, 4) is 22.6 Å². The maximum atomic E-state index is 6.26. The van der Waals surface area contributed by atoms with Gasteiger partial charge in [0.25, 0.3) is 0 Å². The lowest BCUT2D eigenvalue weighted by Crippen LogP contribution is -2.21. The van der Waals surface area contributed by atoms with Crippen LogP contribution in [0.2, 0.25) is 0 Å². The van der Waals surface area contributed by atoms with Crippen LogP contribution < -0.4 is 14.8 Å². The lowest BCUT2D eigenvalue weighted by atomic mass is 9.93. The van der Waals surface area contributed by atoms with Crippen LogP contribution in [0.15, 0.2) is 59.6 Å². The Morgan fingerprint density at radius 2 is 1.79 bits per heavy atom. The smallest absolute Gasteiger partial charge is 0.138 e. The van der Waals surface area contributed by atoms with E-state index in [1.165, 1.54) is 0 Å². The van der Waals surface area contributed by atoms with E-state index < -0.39 is 0 Å². The lowest BCUT2D eigenvalue weighted by molar-refractivity contribution is 0.146. The summed E-state index contributed by atoms with van der Waals surface area (Å²) in [5, 5.41) is 5.68. The quantitative estimate of drug-likeness (QED) is 0.587. The van der Waals surface area contributed by atoms with Crippen molar-refractivity contribution >= 4 is 29.0 Å². The van der Waals surface area contributed by atoms with E-state index in [1.807, 2.05) is 12.1 Å². The monoisotopic (exact) mass is 412 g/mol. The summed E-state index contributed by atoms with van der Waals surface area (Å²) in [6.45, 7) is 2.61. The molecule has 0 aromatic heterocycles. The van der Waals surface area contributed by atoms with Crippen LogP contribution in [-0.4, -0.2) is 46.4 Å². The molecular formula is C23H25ClN2O3. The Hall–Kier alpha value is -2.76. The number of rotatable bonds is 7. The molecule has 3 aromatic rings. The van der Waals surface area contributed by atoms with Gasteiger partial charge in [0, 0.05) is 19.2 Å². The van der Waals surface area contributed by atoms with Crippen LogP contribution in [0.3, 0.4) is 0 Å². The fourth-order valence-corrected chi connectivity index (χ4v) is 3.50. The fourth-order valence-electron chi connectivity index (χ4n) is 3.50. The van der Waals surface area contributed by atoms with Crippen LogP contribution in [0.5, 0.6) is 11.5 Å². The highest BCUT2D eigenvalue weighted by molar-refractivity contribution is 6.11. The maximum absolute atomic E-state index is 6.26. The van der Waals surface area contributed by atoms with Crippen LogP contribution in [-0.2, 0) is 4.74 Å². The number of benzene rings is 3. The second-order valence-electron chi connectivity index (χ2n) is 6.58. The van der Waals surface area contributed by atoms with Gasteiger partial charge in [-0.15, -0.1) is 12.4 Å². The first-order valence-corrected chi connectivity index (χ1v) is 9.42. The third-order valence-corrected chi connectivity index (χ3v) is 4.84. The molecule has 0 saturated carbocycles. The summed E-state index contributed by atoms with van der Waals surface area (Å²) in [7, 11) is 3.35. The molecule has 0 amide bonds. The van der Waals surface area contributed by atoms with E-state index in [2.05, 4.69) is 52.8 Å². The number of hydrogen-bond donors (Lipinski definition) is 1. The van der Waals surface area contributed by atoms with Crippen molar-refractivity contribution in [2.24, 2.45) is 4.99 Å². The molecule has 0 fully saturated rings. The molecule has 1 aliphatic heterocycles. The molecule has 0 atom stereocenters. The minimum atomic E-state index is 0. The Balaban J connectivity index is 0.00000240. The van der Waals surface area contributed by atoms with Crippen molar-refractivity contribution in [2.45, 2.75) is 0 Å². The average Bonchev–Trinajstić information content (AvgIpc) is 3.28. The van der Waals surface area contributed by atoms with Gasteiger partial charge in [0.2, 0.25) is 0 Å². The van der Waals surface area contributed by atoms with Crippen molar-refractivity contribution in [2.75, 3.05) is 40.5 Å². The van der Waals surface area contributed by atoms with Gasteiger partial charge in [-0.1, -0.05) is 36.4 Å². The summed E-state index contributed by atoms with van der Waals surface area (Å²) >= 11 is 0. The predicted octanol–water partition coefficient (Wildman–Crippen LogP) is 4.31. The summed E-state index contributed by atoms with van der Waals surface area (Å²) in [6, 6.07) is 18.6. The van der Waals surface area contributed by atoms with Gasteiger partial charge >= 0.3 is 0 Å². The fraction of sp³-hybridized carbons (Fsp3) is 0.261. The molecule has 0 radical (unpaired) electrons. The standard InChI is InChI=1S/C23H24N2O3.ClH/c1-26-13-14-28-22-20(23-24-11-12-25-23)15-17-5-3-4-6-19(17)21(22)16-7-9-18(27-2)10-8-16;/h3-10,15H,11-14H2,1-2H3,(H,24,25);1H. The van der Waals surface area contributed by atoms with Crippen LogP contribution in [0.1, 0.15) is 5.56 Å². The number of aliphatic imine (C=N–C) groups is 1. The summed E-state index contributed by atoms with van der Waals surface area (Å²) in [5.74, 6) is 2.54. The molecule has 6 heteroatoms. The molecule has 1 heterocycles. The van der Waals surface area contributed by atoms with Crippen molar-refractivity contribution in [3.63, 3.8) is 0 Å². The molecule has 0 saturated heterocycles. The molecule has 0 aliphatic carbocycles. The third-order valence-electron chi connectivity index (χ3n) is 4.84. The van der Waals surface area contributed by atoms with Crippen LogP contribution in [0, 0.1) is 0 Å². The minimum absolute atomic E-state index is 0. The molecule has 1 aliphatic rings. The Morgan fingerprint density at radius 3 is 2.48 bits per heavy atom. The van der Waals surface area contributed by atoms with E-state index in [0.29, 0.717) is 13.2 Å². The molecule has 1 N–H and O–H groups in total. The Morgan fingerprint density at radius 1 is 1.00 bits per heavy atom. The van der Waals surface area contributed by atoms with E-state index in [1.54, 1.807) is 14.2 Å². The average molecular weight is 413 g/mol. The number of amidine groups is 1. The highest BCUT2D eigenvalue weighted by atomic mass is 35.5. The Kier molecular flexibility index (Phi) is 6.96. The number of hydrogen-bond acceptors (Lipinski definition) is 5. The van der Waals surface area contributed by atoms with Gasteiger partial charge < -0.3 is 19.5 Å². The van der Waals surface area contributed by atoms with Gasteiger partial charge in [0.1, 0.15) is 23.9 Å². The Labute approximate surface area is 177 Å². The van der Waals surface area contributed by atoms with E-state index >= 15 is 0 Å². The molecule has 152 valence electrons. The highest BCUT2D eigenvalue weighted by Crippen LogP contribution is 2.41. The zero-order valence-electron chi connectivity index (χ0n) is 16.6.